The number of alkyl halides is 3. The van der Waals surface area contributed by atoms with Gasteiger partial charge >= 0.3 is 6.18 Å². The van der Waals surface area contributed by atoms with Gasteiger partial charge in [0, 0.05) is 6.04 Å². The minimum absolute atomic E-state index is 0.0294. The quantitative estimate of drug-likeness (QED) is 0.851. The molecule has 1 N–H and O–H groups in total. The van der Waals surface area contributed by atoms with Crippen LogP contribution >= 0.6 is 0 Å². The second-order valence-electron chi connectivity index (χ2n) is 5.76. The summed E-state index contributed by atoms with van der Waals surface area (Å²) in [7, 11) is 0. The van der Waals surface area contributed by atoms with Gasteiger partial charge < -0.3 is 10.1 Å². The molecular formula is C16H19F4NO2. The summed E-state index contributed by atoms with van der Waals surface area (Å²) in [5, 5.41) is 2.45. The Balaban J connectivity index is 1.95. The standard InChI is InChI=1S/C16H19F4NO2/c1-10(23-12-8-6-11(17)7-9-12)15(22)21-14-5-3-2-4-13(14)16(18,19)20/h6-10,13-14H,2-5H2,1H3,(H,21,22). The van der Waals surface area contributed by atoms with Crippen molar-refractivity contribution in [1.29, 1.82) is 0 Å². The van der Waals surface area contributed by atoms with Crippen LogP contribution in [-0.4, -0.2) is 24.2 Å². The molecule has 1 aliphatic carbocycles. The SMILES string of the molecule is CC(Oc1ccc(F)cc1)C(=O)NC1CCCCC1C(F)(F)F. The van der Waals surface area contributed by atoms with Gasteiger partial charge in [-0.15, -0.1) is 0 Å². The van der Waals surface area contributed by atoms with E-state index in [1.807, 2.05) is 0 Å². The fourth-order valence-electron chi connectivity index (χ4n) is 2.77. The maximum atomic E-state index is 13.0. The Bertz CT molecular complexity index is 530. The van der Waals surface area contributed by atoms with Crippen LogP contribution in [0.3, 0.4) is 0 Å². The van der Waals surface area contributed by atoms with Gasteiger partial charge in [-0.05, 0) is 44.0 Å². The number of amides is 1. The second kappa shape index (κ2) is 7.19. The van der Waals surface area contributed by atoms with Gasteiger partial charge in [-0.1, -0.05) is 12.8 Å². The second-order valence-corrected chi connectivity index (χ2v) is 5.76. The van der Waals surface area contributed by atoms with Gasteiger partial charge in [0.25, 0.3) is 5.91 Å². The van der Waals surface area contributed by atoms with Crippen molar-refractivity contribution in [3.63, 3.8) is 0 Å². The van der Waals surface area contributed by atoms with E-state index in [2.05, 4.69) is 5.32 Å². The fraction of sp³-hybridized carbons (Fsp3) is 0.562. The van der Waals surface area contributed by atoms with E-state index in [0.29, 0.717) is 19.3 Å². The lowest BCUT2D eigenvalue weighted by Gasteiger charge is -2.34. The van der Waals surface area contributed by atoms with Gasteiger partial charge in [-0.2, -0.15) is 13.2 Å². The molecule has 1 aliphatic rings. The molecule has 3 nitrogen and oxygen atoms in total. The first-order chi connectivity index (χ1) is 10.8. The van der Waals surface area contributed by atoms with Crippen LogP contribution in [-0.2, 0) is 4.79 Å². The number of hydrogen-bond acceptors (Lipinski definition) is 2. The third kappa shape index (κ3) is 4.84. The molecule has 1 aromatic carbocycles. The van der Waals surface area contributed by atoms with Crippen LogP contribution in [0.25, 0.3) is 0 Å². The molecule has 23 heavy (non-hydrogen) atoms. The maximum absolute atomic E-state index is 13.0. The molecule has 0 radical (unpaired) electrons. The molecule has 0 aliphatic heterocycles. The van der Waals surface area contributed by atoms with Gasteiger partial charge in [-0.25, -0.2) is 4.39 Å². The summed E-state index contributed by atoms with van der Waals surface area (Å²) in [6.07, 6.45) is -3.78. The largest absolute Gasteiger partial charge is 0.481 e. The number of nitrogens with one attached hydrogen (secondary N) is 1. The molecule has 1 saturated carbocycles. The normalized spacial score (nSPS) is 23.2. The van der Waals surface area contributed by atoms with Crippen LogP contribution in [0.15, 0.2) is 24.3 Å². The van der Waals surface area contributed by atoms with Crippen LogP contribution in [0, 0.1) is 11.7 Å². The van der Waals surface area contributed by atoms with Crippen LogP contribution in [0.5, 0.6) is 5.75 Å². The highest BCUT2D eigenvalue weighted by Gasteiger charge is 2.46. The molecule has 2 rings (SSSR count). The minimum atomic E-state index is -4.32. The summed E-state index contributed by atoms with van der Waals surface area (Å²) in [6.45, 7) is 1.45. The lowest BCUT2D eigenvalue weighted by atomic mass is 9.84. The van der Waals surface area contributed by atoms with E-state index in [9.17, 15) is 22.4 Å². The highest BCUT2D eigenvalue weighted by atomic mass is 19.4. The molecule has 7 heteroatoms. The lowest BCUT2D eigenvalue weighted by molar-refractivity contribution is -0.189. The summed E-state index contributed by atoms with van der Waals surface area (Å²) >= 11 is 0. The minimum Gasteiger partial charge on any atom is -0.481 e. The Morgan fingerprint density at radius 1 is 1.22 bits per heavy atom. The number of benzene rings is 1. The van der Waals surface area contributed by atoms with Crippen molar-refractivity contribution in [3.8, 4) is 5.75 Å². The molecule has 0 saturated heterocycles. The van der Waals surface area contributed by atoms with E-state index in [0.717, 1.165) is 0 Å². The van der Waals surface area contributed by atoms with Crippen LogP contribution in [0.1, 0.15) is 32.6 Å². The van der Waals surface area contributed by atoms with Gasteiger partial charge in [0.2, 0.25) is 0 Å². The summed E-state index contributed by atoms with van der Waals surface area (Å²) in [5.74, 6) is -2.27. The lowest BCUT2D eigenvalue weighted by Crippen LogP contribution is -2.50. The summed E-state index contributed by atoms with van der Waals surface area (Å²) < 4.78 is 57.2. The molecule has 0 spiro atoms. The highest BCUT2D eigenvalue weighted by Crippen LogP contribution is 2.37. The molecule has 0 aromatic heterocycles. The molecule has 128 valence electrons. The zero-order valence-corrected chi connectivity index (χ0v) is 12.7. The Morgan fingerprint density at radius 2 is 1.83 bits per heavy atom. The predicted octanol–water partition coefficient (Wildman–Crippen LogP) is 3.83. The average Bonchev–Trinajstić information content (AvgIpc) is 2.49. The highest BCUT2D eigenvalue weighted by molar-refractivity contribution is 5.81. The van der Waals surface area contributed by atoms with Gasteiger partial charge in [-0.3, -0.25) is 4.79 Å². The molecule has 1 aromatic rings. The number of carbonyl (C=O) groups excluding carboxylic acids is 1. The molecule has 1 amide bonds. The first-order valence-corrected chi connectivity index (χ1v) is 7.56. The molecule has 1 fully saturated rings. The molecular weight excluding hydrogens is 314 g/mol. The van der Waals surface area contributed by atoms with E-state index in [4.69, 9.17) is 4.74 Å². The number of carbonyl (C=O) groups is 1. The van der Waals surface area contributed by atoms with Gasteiger partial charge in [0.05, 0.1) is 5.92 Å². The summed E-state index contributed by atoms with van der Waals surface area (Å²) in [5.41, 5.74) is 0. The van der Waals surface area contributed by atoms with Crippen molar-refractivity contribution in [1.82, 2.24) is 5.32 Å². The smallest absolute Gasteiger partial charge is 0.393 e. The van der Waals surface area contributed by atoms with E-state index < -0.39 is 36.0 Å². The summed E-state index contributed by atoms with van der Waals surface area (Å²) in [6, 6.07) is 4.16. The van der Waals surface area contributed by atoms with Crippen molar-refractivity contribution in [2.45, 2.75) is 50.9 Å². The van der Waals surface area contributed by atoms with Crippen LogP contribution in [0.2, 0.25) is 0 Å². The van der Waals surface area contributed by atoms with E-state index in [1.54, 1.807) is 0 Å². The third-order valence-corrected chi connectivity index (χ3v) is 4.01. The zero-order chi connectivity index (χ0) is 17.0. The number of hydrogen-bond donors (Lipinski definition) is 1. The van der Waals surface area contributed by atoms with Crippen molar-refractivity contribution >= 4 is 5.91 Å². The number of rotatable bonds is 4. The van der Waals surface area contributed by atoms with Crippen molar-refractivity contribution in [3.05, 3.63) is 30.1 Å². The van der Waals surface area contributed by atoms with E-state index in [1.165, 1.54) is 31.2 Å². The first kappa shape index (κ1) is 17.6. The monoisotopic (exact) mass is 333 g/mol. The van der Waals surface area contributed by atoms with E-state index >= 15 is 0 Å². The van der Waals surface area contributed by atoms with E-state index in [-0.39, 0.29) is 12.2 Å². The Hall–Kier alpha value is -1.79. The first-order valence-electron chi connectivity index (χ1n) is 7.56. The molecule has 3 atom stereocenters. The molecule has 0 heterocycles. The maximum Gasteiger partial charge on any atom is 0.393 e. The Morgan fingerprint density at radius 3 is 2.43 bits per heavy atom. The van der Waals surface area contributed by atoms with Crippen molar-refractivity contribution in [2.75, 3.05) is 0 Å². The fourth-order valence-corrected chi connectivity index (χ4v) is 2.77. The zero-order valence-electron chi connectivity index (χ0n) is 12.7. The Kier molecular flexibility index (Phi) is 5.49. The van der Waals surface area contributed by atoms with Gasteiger partial charge in [0.1, 0.15) is 11.6 Å². The molecule has 0 bridgehead atoms. The third-order valence-electron chi connectivity index (χ3n) is 4.01. The number of ether oxygens (including phenoxy) is 1. The average molecular weight is 333 g/mol. The van der Waals surface area contributed by atoms with Gasteiger partial charge in [0.15, 0.2) is 6.10 Å². The van der Waals surface area contributed by atoms with Crippen LogP contribution < -0.4 is 10.1 Å². The van der Waals surface area contributed by atoms with Crippen molar-refractivity contribution in [2.24, 2.45) is 5.92 Å². The van der Waals surface area contributed by atoms with Crippen molar-refractivity contribution < 1.29 is 27.1 Å². The number of halogens is 4. The predicted molar refractivity (Wildman–Crippen MR) is 76.4 cm³/mol. The Labute approximate surface area is 132 Å². The summed E-state index contributed by atoms with van der Waals surface area (Å²) in [4.78, 5) is 12.1. The molecule has 3 unspecified atom stereocenters. The topological polar surface area (TPSA) is 38.3 Å². The van der Waals surface area contributed by atoms with Crippen LogP contribution in [0.4, 0.5) is 17.6 Å².